The Morgan fingerprint density at radius 2 is 1.72 bits per heavy atom. The fourth-order valence-corrected chi connectivity index (χ4v) is 4.39. The second kappa shape index (κ2) is 9.11. The van der Waals surface area contributed by atoms with Gasteiger partial charge in [0.1, 0.15) is 5.75 Å². The van der Waals surface area contributed by atoms with E-state index in [2.05, 4.69) is 20.2 Å². The highest BCUT2D eigenvalue weighted by Crippen LogP contribution is 2.54. The van der Waals surface area contributed by atoms with E-state index in [1.54, 1.807) is 30.7 Å². The number of aromatic nitrogens is 1. The van der Waals surface area contributed by atoms with Crippen molar-refractivity contribution in [2.45, 2.75) is 25.1 Å². The summed E-state index contributed by atoms with van der Waals surface area (Å²) in [5.74, 6) is -0.590. The molecule has 0 bridgehead atoms. The minimum absolute atomic E-state index is 0.136. The van der Waals surface area contributed by atoms with E-state index in [0.717, 1.165) is 33.0 Å². The van der Waals surface area contributed by atoms with Crippen molar-refractivity contribution in [3.05, 3.63) is 96.3 Å². The second-order valence-corrected chi connectivity index (χ2v) is 9.04. The van der Waals surface area contributed by atoms with Crippen LogP contribution < -0.4 is 10.2 Å². The molecule has 36 heavy (non-hydrogen) atoms. The number of ether oxygens (including phenoxy) is 1. The summed E-state index contributed by atoms with van der Waals surface area (Å²) in [4.78, 5) is 16.8. The molecule has 182 valence electrons. The first-order valence-corrected chi connectivity index (χ1v) is 11.3. The van der Waals surface area contributed by atoms with E-state index in [1.807, 2.05) is 55.5 Å². The van der Waals surface area contributed by atoms with Crippen molar-refractivity contribution >= 4 is 22.9 Å². The molecule has 2 atom stereocenters. The topological polar surface area (TPSA) is 63.6 Å². The van der Waals surface area contributed by atoms with E-state index in [4.69, 9.17) is 0 Å². The molecule has 2 unspecified atom stereocenters. The van der Waals surface area contributed by atoms with E-state index < -0.39 is 6.36 Å². The predicted octanol–water partition coefficient (Wildman–Crippen LogP) is 6.23. The SMILES string of the molecule is CC1(c2ccc(-c3ccc(OC(F)(F)F)cc3)cc2)CC1C(=O)N/N=C/c1ccc2cnccc2c1. The summed E-state index contributed by atoms with van der Waals surface area (Å²) in [7, 11) is 0. The van der Waals surface area contributed by atoms with Crippen LogP contribution in [0.2, 0.25) is 0 Å². The van der Waals surface area contributed by atoms with Gasteiger partial charge >= 0.3 is 6.36 Å². The second-order valence-electron chi connectivity index (χ2n) is 9.04. The zero-order valence-electron chi connectivity index (χ0n) is 19.3. The Morgan fingerprint density at radius 1 is 1.03 bits per heavy atom. The minimum Gasteiger partial charge on any atom is -0.406 e. The van der Waals surface area contributed by atoms with Crippen LogP contribution in [0.3, 0.4) is 0 Å². The van der Waals surface area contributed by atoms with Crippen molar-refractivity contribution in [3.63, 3.8) is 0 Å². The van der Waals surface area contributed by atoms with Crippen LogP contribution in [0.5, 0.6) is 5.75 Å². The smallest absolute Gasteiger partial charge is 0.406 e. The highest BCUT2D eigenvalue weighted by Gasteiger charge is 2.55. The third-order valence-corrected chi connectivity index (χ3v) is 6.57. The molecule has 0 saturated heterocycles. The number of hydrazone groups is 1. The Labute approximate surface area is 205 Å². The first-order valence-electron chi connectivity index (χ1n) is 11.3. The summed E-state index contributed by atoms with van der Waals surface area (Å²) in [6, 6.07) is 21.2. The molecule has 5 nitrogen and oxygen atoms in total. The molecule has 0 radical (unpaired) electrons. The number of nitrogens with zero attached hydrogens (tertiary/aromatic N) is 2. The zero-order valence-corrected chi connectivity index (χ0v) is 19.3. The van der Waals surface area contributed by atoms with Gasteiger partial charge < -0.3 is 4.74 Å². The van der Waals surface area contributed by atoms with Crippen LogP contribution in [0.4, 0.5) is 13.2 Å². The highest BCUT2D eigenvalue weighted by molar-refractivity contribution is 5.91. The van der Waals surface area contributed by atoms with Crippen molar-refractivity contribution in [2.24, 2.45) is 11.0 Å². The number of alkyl halides is 3. The maximum atomic E-state index is 12.7. The predicted molar refractivity (Wildman–Crippen MR) is 131 cm³/mol. The molecule has 1 aromatic heterocycles. The lowest BCUT2D eigenvalue weighted by Gasteiger charge is -2.13. The van der Waals surface area contributed by atoms with Crippen LogP contribution in [-0.4, -0.2) is 23.5 Å². The van der Waals surface area contributed by atoms with Crippen molar-refractivity contribution in [1.82, 2.24) is 10.4 Å². The van der Waals surface area contributed by atoms with E-state index in [0.29, 0.717) is 6.42 Å². The Morgan fingerprint density at radius 3 is 2.42 bits per heavy atom. The molecule has 1 heterocycles. The molecular formula is C28H22F3N3O2. The number of pyridine rings is 1. The lowest BCUT2D eigenvalue weighted by Crippen LogP contribution is -2.23. The van der Waals surface area contributed by atoms with Crippen LogP contribution in [0.15, 0.2) is 90.3 Å². The largest absolute Gasteiger partial charge is 0.573 e. The van der Waals surface area contributed by atoms with Crippen molar-refractivity contribution < 1.29 is 22.7 Å². The summed E-state index contributed by atoms with van der Waals surface area (Å²) in [6.45, 7) is 2.04. The molecule has 5 rings (SSSR count). The molecular weight excluding hydrogens is 467 g/mol. The van der Waals surface area contributed by atoms with Crippen LogP contribution in [0.1, 0.15) is 24.5 Å². The third-order valence-electron chi connectivity index (χ3n) is 6.57. The Kier molecular flexibility index (Phi) is 5.96. The third kappa shape index (κ3) is 5.07. The average molecular weight is 489 g/mol. The molecule has 4 aromatic rings. The molecule has 1 N–H and O–H groups in total. The summed E-state index contributed by atoms with van der Waals surface area (Å²) >= 11 is 0. The summed E-state index contributed by atoms with van der Waals surface area (Å²) in [6.07, 6.45) is 1.14. The van der Waals surface area contributed by atoms with Gasteiger partial charge in [-0.15, -0.1) is 13.2 Å². The average Bonchev–Trinajstić information content (AvgIpc) is 3.56. The number of nitrogens with one attached hydrogen (secondary N) is 1. The lowest BCUT2D eigenvalue weighted by molar-refractivity contribution is -0.274. The van der Waals surface area contributed by atoms with Crippen molar-refractivity contribution in [1.29, 1.82) is 0 Å². The number of benzene rings is 3. The summed E-state index contributed by atoms with van der Waals surface area (Å²) < 4.78 is 41.0. The van der Waals surface area contributed by atoms with Gasteiger partial charge in [0.05, 0.1) is 12.1 Å². The van der Waals surface area contributed by atoms with Gasteiger partial charge in [-0.05, 0) is 58.3 Å². The number of halogens is 3. The Bertz CT molecular complexity index is 1430. The summed E-state index contributed by atoms with van der Waals surface area (Å²) in [5.41, 5.74) is 5.89. The Balaban J connectivity index is 1.20. The van der Waals surface area contributed by atoms with Gasteiger partial charge in [-0.25, -0.2) is 5.43 Å². The van der Waals surface area contributed by atoms with Crippen molar-refractivity contribution in [2.75, 3.05) is 0 Å². The standard InChI is InChI=1S/C28H22F3N3O2/c1-27(23-8-4-19(5-9-23)20-6-10-24(11-7-20)36-28(29,30)31)15-25(27)26(35)34-33-16-18-2-3-22-17-32-13-12-21(22)14-18/h2-14,16-17,25H,15H2,1H3,(H,34,35)/b33-16+. The quantitative estimate of drug-likeness (QED) is 0.258. The van der Waals surface area contributed by atoms with Gasteiger partial charge in [0, 0.05) is 23.2 Å². The number of carbonyl (C=O) groups is 1. The lowest BCUT2D eigenvalue weighted by atomic mass is 9.93. The zero-order chi connectivity index (χ0) is 25.3. The fraction of sp³-hybridized carbons (Fsp3) is 0.179. The van der Waals surface area contributed by atoms with Crippen LogP contribution in [0, 0.1) is 5.92 Å². The van der Waals surface area contributed by atoms with Crippen LogP contribution >= 0.6 is 0 Å². The fourth-order valence-electron chi connectivity index (χ4n) is 4.39. The molecule has 1 aliphatic carbocycles. The Hall–Kier alpha value is -4.20. The first-order chi connectivity index (χ1) is 17.2. The first kappa shape index (κ1) is 23.5. The van der Waals surface area contributed by atoms with E-state index in [9.17, 15) is 18.0 Å². The van der Waals surface area contributed by atoms with Crippen molar-refractivity contribution in [3.8, 4) is 16.9 Å². The molecule has 3 aromatic carbocycles. The van der Waals surface area contributed by atoms with Crippen LogP contribution in [0.25, 0.3) is 21.9 Å². The molecule has 1 fully saturated rings. The van der Waals surface area contributed by atoms with Gasteiger partial charge in [-0.2, -0.15) is 5.10 Å². The number of fused-ring (bicyclic) bond motifs is 1. The van der Waals surface area contributed by atoms with E-state index in [-0.39, 0.29) is 23.0 Å². The molecule has 0 aliphatic heterocycles. The summed E-state index contributed by atoms with van der Waals surface area (Å²) in [5, 5.41) is 6.21. The number of hydrogen-bond donors (Lipinski definition) is 1. The van der Waals surface area contributed by atoms with E-state index >= 15 is 0 Å². The normalized spacial score (nSPS) is 19.4. The van der Waals surface area contributed by atoms with Gasteiger partial charge in [0.25, 0.3) is 0 Å². The number of carbonyl (C=O) groups excluding carboxylic acids is 1. The van der Waals surface area contributed by atoms with Crippen LogP contribution in [-0.2, 0) is 10.2 Å². The molecule has 1 saturated carbocycles. The molecule has 1 amide bonds. The van der Waals surface area contributed by atoms with Gasteiger partial charge in [0.2, 0.25) is 5.91 Å². The molecule has 1 aliphatic rings. The molecule has 8 heteroatoms. The number of amides is 1. The van der Waals surface area contributed by atoms with Gasteiger partial charge in [-0.1, -0.05) is 55.5 Å². The molecule has 0 spiro atoms. The van der Waals surface area contributed by atoms with Gasteiger partial charge in [0.15, 0.2) is 0 Å². The monoisotopic (exact) mass is 489 g/mol. The minimum atomic E-state index is -4.72. The highest BCUT2D eigenvalue weighted by atomic mass is 19.4. The van der Waals surface area contributed by atoms with E-state index in [1.165, 1.54) is 12.1 Å². The maximum Gasteiger partial charge on any atom is 0.573 e. The number of rotatable bonds is 6. The van der Waals surface area contributed by atoms with Gasteiger partial charge in [-0.3, -0.25) is 9.78 Å². The maximum absolute atomic E-state index is 12.7. The number of hydrogen-bond acceptors (Lipinski definition) is 4.